The van der Waals surface area contributed by atoms with Crippen molar-refractivity contribution in [2.24, 2.45) is 11.3 Å². The van der Waals surface area contributed by atoms with Gasteiger partial charge in [-0.15, -0.1) is 0 Å². The second-order valence-corrected chi connectivity index (χ2v) is 8.69. The number of hydrogen-bond acceptors (Lipinski definition) is 4. The molecular formula is C22H30NO4. The fourth-order valence-electron chi connectivity index (χ4n) is 4.09. The first-order valence-electron chi connectivity index (χ1n) is 10.0. The molecule has 1 aliphatic heterocycles. The number of hydrogen-bond donors (Lipinski definition) is 1. The van der Waals surface area contributed by atoms with Crippen molar-refractivity contribution in [1.82, 2.24) is 4.90 Å². The third kappa shape index (κ3) is 3.66. The van der Waals surface area contributed by atoms with E-state index >= 15 is 0 Å². The molecule has 1 radical (unpaired) electrons. The van der Waals surface area contributed by atoms with Crippen LogP contribution in [0.15, 0.2) is 18.2 Å². The first-order chi connectivity index (χ1) is 12.9. The fraction of sp³-hybridized carbons (Fsp3) is 0.636. The molecule has 2 saturated carbocycles. The molecule has 1 amide bonds. The Morgan fingerprint density at radius 3 is 2.67 bits per heavy atom. The predicted octanol–water partition coefficient (Wildman–Crippen LogP) is 3.17. The lowest BCUT2D eigenvalue weighted by molar-refractivity contribution is -0.127. The van der Waals surface area contributed by atoms with E-state index in [-0.39, 0.29) is 17.2 Å². The van der Waals surface area contributed by atoms with Gasteiger partial charge in [0, 0.05) is 24.4 Å². The van der Waals surface area contributed by atoms with Crippen LogP contribution in [0, 0.1) is 17.3 Å². The third-order valence-electron chi connectivity index (χ3n) is 6.54. The Hall–Kier alpha value is -1.75. The number of ether oxygens (including phenoxy) is 2. The lowest BCUT2D eigenvalue weighted by Crippen LogP contribution is -2.38. The smallest absolute Gasteiger partial charge is 0.229 e. The second-order valence-electron chi connectivity index (χ2n) is 8.69. The molecule has 5 heteroatoms. The zero-order valence-electron chi connectivity index (χ0n) is 16.5. The van der Waals surface area contributed by atoms with E-state index in [4.69, 9.17) is 9.47 Å². The predicted molar refractivity (Wildman–Crippen MR) is 103 cm³/mol. The van der Waals surface area contributed by atoms with Crippen molar-refractivity contribution in [3.8, 4) is 11.5 Å². The van der Waals surface area contributed by atoms with E-state index in [9.17, 15) is 9.90 Å². The van der Waals surface area contributed by atoms with Crippen molar-refractivity contribution in [2.75, 3.05) is 26.8 Å². The van der Waals surface area contributed by atoms with E-state index in [0.717, 1.165) is 42.4 Å². The summed E-state index contributed by atoms with van der Waals surface area (Å²) in [5.41, 5.74) is 0.717. The number of amides is 1. The van der Waals surface area contributed by atoms with Crippen LogP contribution >= 0.6 is 0 Å². The average molecular weight is 372 g/mol. The van der Waals surface area contributed by atoms with Crippen molar-refractivity contribution in [3.05, 3.63) is 29.7 Å². The van der Waals surface area contributed by atoms with Crippen LogP contribution in [-0.4, -0.2) is 48.8 Å². The highest BCUT2D eigenvalue weighted by molar-refractivity contribution is 5.93. The molecule has 3 atom stereocenters. The van der Waals surface area contributed by atoms with Gasteiger partial charge in [0.15, 0.2) is 11.5 Å². The molecular weight excluding hydrogens is 342 g/mol. The van der Waals surface area contributed by atoms with Gasteiger partial charge in [-0.25, -0.2) is 0 Å². The Balaban J connectivity index is 1.60. The maximum Gasteiger partial charge on any atom is 0.229 e. The molecule has 1 N–H and O–H groups in total. The van der Waals surface area contributed by atoms with Gasteiger partial charge >= 0.3 is 0 Å². The number of carbonyl (C=O) groups is 1. The van der Waals surface area contributed by atoms with E-state index in [1.54, 1.807) is 7.11 Å². The van der Waals surface area contributed by atoms with Crippen LogP contribution in [0.25, 0.3) is 0 Å². The van der Waals surface area contributed by atoms with E-state index in [1.165, 1.54) is 12.8 Å². The van der Waals surface area contributed by atoms with Gasteiger partial charge in [-0.3, -0.25) is 4.79 Å². The summed E-state index contributed by atoms with van der Waals surface area (Å²) in [6, 6.07) is 6.04. The standard InChI is InChI=1S/C22H30NO4/c1-14(24)22(2)13-23(21(25)16-6-7-16)11-18(22)17-8-9-19(26-3)20(10-17)27-12-15-4-5-15/h8-10,14-15,18,24H,4-7,11-13H2,1-3H3/t14-,18+,22+/m1/s1. The van der Waals surface area contributed by atoms with Crippen LogP contribution in [0.4, 0.5) is 0 Å². The first-order valence-corrected chi connectivity index (χ1v) is 10.0. The minimum absolute atomic E-state index is 0.0648. The number of likely N-dealkylation sites (tertiary alicyclic amines) is 1. The fourth-order valence-corrected chi connectivity index (χ4v) is 4.09. The lowest BCUT2D eigenvalue weighted by Gasteiger charge is -2.33. The minimum Gasteiger partial charge on any atom is -0.493 e. The SMILES string of the molecule is COc1ccc([C@@H]2CN(C(=O)[C]3CC3)C[C@@]2(C)[C@@H](C)O)cc1OCC1CC1. The normalized spacial score (nSPS) is 28.9. The number of carbonyl (C=O) groups excluding carboxylic acids is 1. The van der Waals surface area contributed by atoms with E-state index in [1.807, 2.05) is 30.0 Å². The van der Waals surface area contributed by atoms with Crippen molar-refractivity contribution >= 4 is 5.91 Å². The van der Waals surface area contributed by atoms with Gasteiger partial charge in [-0.05, 0) is 56.2 Å². The van der Waals surface area contributed by atoms with Gasteiger partial charge in [-0.1, -0.05) is 13.0 Å². The van der Waals surface area contributed by atoms with Gasteiger partial charge in [-0.2, -0.15) is 0 Å². The second kappa shape index (κ2) is 7.01. The third-order valence-corrected chi connectivity index (χ3v) is 6.54. The molecule has 2 aliphatic carbocycles. The molecule has 3 aliphatic rings. The summed E-state index contributed by atoms with van der Waals surface area (Å²) >= 11 is 0. The summed E-state index contributed by atoms with van der Waals surface area (Å²) in [7, 11) is 1.65. The van der Waals surface area contributed by atoms with Gasteiger partial charge in [0.05, 0.1) is 25.7 Å². The van der Waals surface area contributed by atoms with Crippen molar-refractivity contribution in [1.29, 1.82) is 0 Å². The van der Waals surface area contributed by atoms with Gasteiger partial charge in [0.1, 0.15) is 0 Å². The summed E-state index contributed by atoms with van der Waals surface area (Å²) in [4.78, 5) is 14.5. The Kier molecular flexibility index (Phi) is 4.83. The highest BCUT2D eigenvalue weighted by Crippen LogP contribution is 2.48. The summed E-state index contributed by atoms with van der Waals surface area (Å²) in [6.45, 7) is 5.86. The summed E-state index contributed by atoms with van der Waals surface area (Å²) < 4.78 is 11.5. The molecule has 0 bridgehead atoms. The number of aliphatic hydroxyl groups excluding tert-OH is 1. The summed E-state index contributed by atoms with van der Waals surface area (Å²) in [6.07, 6.45) is 3.81. The highest BCUT2D eigenvalue weighted by atomic mass is 16.5. The summed E-state index contributed by atoms with van der Waals surface area (Å²) in [5, 5.41) is 10.6. The zero-order valence-corrected chi connectivity index (χ0v) is 16.5. The molecule has 147 valence electrons. The maximum atomic E-state index is 12.6. The molecule has 27 heavy (non-hydrogen) atoms. The number of benzene rings is 1. The molecule has 1 aromatic carbocycles. The molecule has 0 unspecified atom stereocenters. The first kappa shape index (κ1) is 18.6. The van der Waals surface area contributed by atoms with Crippen LogP contribution in [0.1, 0.15) is 51.0 Å². The number of aliphatic hydroxyl groups is 1. The largest absolute Gasteiger partial charge is 0.493 e. The zero-order chi connectivity index (χ0) is 19.2. The van der Waals surface area contributed by atoms with Crippen LogP contribution < -0.4 is 9.47 Å². The molecule has 0 aromatic heterocycles. The minimum atomic E-state index is -0.512. The van der Waals surface area contributed by atoms with E-state index < -0.39 is 6.10 Å². The highest BCUT2D eigenvalue weighted by Gasteiger charge is 2.50. The van der Waals surface area contributed by atoms with Crippen molar-refractivity contribution in [2.45, 2.75) is 51.6 Å². The molecule has 4 rings (SSSR count). The Morgan fingerprint density at radius 2 is 2.07 bits per heavy atom. The Morgan fingerprint density at radius 1 is 1.33 bits per heavy atom. The quantitative estimate of drug-likeness (QED) is 0.799. The van der Waals surface area contributed by atoms with Crippen LogP contribution in [0.3, 0.4) is 0 Å². The van der Waals surface area contributed by atoms with Crippen LogP contribution in [-0.2, 0) is 4.79 Å². The monoisotopic (exact) mass is 372 g/mol. The van der Waals surface area contributed by atoms with E-state index in [2.05, 4.69) is 6.92 Å². The molecule has 0 spiro atoms. The molecule has 1 saturated heterocycles. The molecule has 3 fully saturated rings. The Bertz CT molecular complexity index is 710. The summed E-state index contributed by atoms with van der Waals surface area (Å²) in [5.74, 6) is 3.41. The molecule has 1 heterocycles. The maximum absolute atomic E-state index is 12.6. The van der Waals surface area contributed by atoms with Crippen LogP contribution in [0.5, 0.6) is 11.5 Å². The van der Waals surface area contributed by atoms with Crippen molar-refractivity contribution in [3.63, 3.8) is 0 Å². The average Bonchev–Trinajstić information content (AvgIpc) is 3.57. The number of rotatable bonds is 7. The van der Waals surface area contributed by atoms with Crippen LogP contribution in [0.2, 0.25) is 0 Å². The lowest BCUT2D eigenvalue weighted by atomic mass is 9.72. The van der Waals surface area contributed by atoms with Gasteiger partial charge in [0.2, 0.25) is 5.91 Å². The van der Waals surface area contributed by atoms with Gasteiger partial charge < -0.3 is 19.5 Å². The molecule has 1 aromatic rings. The topological polar surface area (TPSA) is 59.0 Å². The number of methoxy groups -OCH3 is 1. The Labute approximate surface area is 161 Å². The number of nitrogens with zero attached hydrogens (tertiary/aromatic N) is 1. The molecule has 5 nitrogen and oxygen atoms in total. The van der Waals surface area contributed by atoms with Crippen molar-refractivity contribution < 1.29 is 19.4 Å². The van der Waals surface area contributed by atoms with E-state index in [0.29, 0.717) is 19.0 Å². The van der Waals surface area contributed by atoms with Gasteiger partial charge in [0.25, 0.3) is 0 Å².